The molecule has 2 aliphatic rings. The van der Waals surface area contributed by atoms with E-state index in [9.17, 15) is 4.39 Å². The molecule has 29 heavy (non-hydrogen) atoms. The monoisotopic (exact) mass is 388 g/mol. The van der Waals surface area contributed by atoms with E-state index in [-0.39, 0.29) is 11.9 Å². The van der Waals surface area contributed by atoms with Crippen molar-refractivity contribution in [2.75, 3.05) is 6.61 Å². The normalized spacial score (nSPS) is 19.8. The van der Waals surface area contributed by atoms with Crippen molar-refractivity contribution in [3.05, 3.63) is 95.3 Å². The van der Waals surface area contributed by atoms with Crippen molar-refractivity contribution < 1.29 is 13.9 Å². The van der Waals surface area contributed by atoms with E-state index in [2.05, 4.69) is 6.07 Å². The van der Waals surface area contributed by atoms with E-state index in [0.717, 1.165) is 40.3 Å². The van der Waals surface area contributed by atoms with Crippen LogP contribution in [0, 0.1) is 5.82 Å². The van der Waals surface area contributed by atoms with Gasteiger partial charge in [0.05, 0.1) is 23.9 Å². The van der Waals surface area contributed by atoms with Gasteiger partial charge in [-0.25, -0.2) is 9.40 Å². The molecule has 0 radical (unpaired) electrons. The number of fused-ring (bicyclic) bond motifs is 3. The Morgan fingerprint density at radius 2 is 1.72 bits per heavy atom. The number of nitrogens with zero attached hydrogens (tertiary/aromatic N) is 2. The van der Waals surface area contributed by atoms with Gasteiger partial charge in [0, 0.05) is 12.0 Å². The second-order valence-corrected chi connectivity index (χ2v) is 7.13. The average molecular weight is 388 g/mol. The highest BCUT2D eigenvalue weighted by Crippen LogP contribution is 2.48. The van der Waals surface area contributed by atoms with Crippen LogP contribution in [-0.4, -0.2) is 17.3 Å². The molecule has 0 amide bonds. The molecule has 5 rings (SSSR count). The molecule has 0 spiro atoms. The van der Waals surface area contributed by atoms with Crippen LogP contribution in [0.2, 0.25) is 0 Å². The van der Waals surface area contributed by atoms with E-state index in [0.29, 0.717) is 6.61 Å². The first kappa shape index (κ1) is 17.7. The van der Waals surface area contributed by atoms with E-state index in [4.69, 9.17) is 14.6 Å². The first-order valence-corrected chi connectivity index (χ1v) is 9.83. The first-order chi connectivity index (χ1) is 14.2. The van der Waals surface area contributed by atoms with E-state index >= 15 is 0 Å². The van der Waals surface area contributed by atoms with E-state index in [1.807, 2.05) is 54.4 Å². The third-order valence-electron chi connectivity index (χ3n) is 5.36. The van der Waals surface area contributed by atoms with Gasteiger partial charge in [0.1, 0.15) is 17.3 Å². The summed E-state index contributed by atoms with van der Waals surface area (Å²) in [5, 5.41) is 6.93. The number of para-hydroxylation sites is 2. The molecule has 0 aliphatic carbocycles. The minimum absolute atomic E-state index is 0.0553. The SMILES string of the molecule is CCOc1ccccc1[C@H]1Oc2ccccc2[C@@H]2CC(c3ccc(F)cc3)=NN12. The van der Waals surface area contributed by atoms with Gasteiger partial charge in [0.15, 0.2) is 0 Å². The van der Waals surface area contributed by atoms with Gasteiger partial charge in [-0.2, -0.15) is 5.10 Å². The van der Waals surface area contributed by atoms with E-state index in [1.54, 1.807) is 12.1 Å². The Morgan fingerprint density at radius 1 is 1.00 bits per heavy atom. The Hall–Kier alpha value is -3.34. The number of ether oxygens (including phenoxy) is 2. The molecule has 146 valence electrons. The van der Waals surface area contributed by atoms with Crippen molar-refractivity contribution >= 4 is 5.71 Å². The highest BCUT2D eigenvalue weighted by molar-refractivity contribution is 6.01. The van der Waals surface area contributed by atoms with Crippen LogP contribution in [0.15, 0.2) is 77.9 Å². The van der Waals surface area contributed by atoms with Gasteiger partial charge >= 0.3 is 0 Å². The van der Waals surface area contributed by atoms with Crippen LogP contribution in [0.5, 0.6) is 11.5 Å². The molecular weight excluding hydrogens is 367 g/mol. The molecule has 2 heterocycles. The number of hydrogen-bond acceptors (Lipinski definition) is 4. The van der Waals surface area contributed by atoms with Crippen LogP contribution in [0.1, 0.15) is 42.3 Å². The molecule has 4 nitrogen and oxygen atoms in total. The molecule has 0 aromatic heterocycles. The predicted molar refractivity (Wildman–Crippen MR) is 110 cm³/mol. The van der Waals surface area contributed by atoms with Crippen molar-refractivity contribution in [3.63, 3.8) is 0 Å². The fraction of sp³-hybridized carbons (Fsp3) is 0.208. The highest BCUT2D eigenvalue weighted by Gasteiger charge is 2.41. The third-order valence-corrected chi connectivity index (χ3v) is 5.36. The molecule has 0 N–H and O–H groups in total. The van der Waals surface area contributed by atoms with Gasteiger partial charge in [-0.1, -0.05) is 42.5 Å². The summed E-state index contributed by atoms with van der Waals surface area (Å²) in [5.41, 5.74) is 3.90. The van der Waals surface area contributed by atoms with Gasteiger partial charge in [-0.05, 0) is 42.8 Å². The number of hydrazone groups is 1. The molecule has 2 aliphatic heterocycles. The summed E-state index contributed by atoms with van der Waals surface area (Å²) in [5.74, 6) is 1.41. The maximum atomic E-state index is 13.4. The predicted octanol–water partition coefficient (Wildman–Crippen LogP) is 5.47. The van der Waals surface area contributed by atoms with Crippen molar-refractivity contribution in [2.45, 2.75) is 25.6 Å². The zero-order chi connectivity index (χ0) is 19.8. The van der Waals surface area contributed by atoms with Crippen LogP contribution in [0.3, 0.4) is 0 Å². The highest BCUT2D eigenvalue weighted by atomic mass is 19.1. The minimum Gasteiger partial charge on any atom is -0.493 e. The van der Waals surface area contributed by atoms with Gasteiger partial charge in [0.25, 0.3) is 0 Å². The Morgan fingerprint density at radius 3 is 2.52 bits per heavy atom. The van der Waals surface area contributed by atoms with Crippen LogP contribution in [-0.2, 0) is 0 Å². The number of rotatable bonds is 4. The maximum absolute atomic E-state index is 13.4. The summed E-state index contributed by atoms with van der Waals surface area (Å²) in [6.45, 7) is 2.55. The number of hydrogen-bond donors (Lipinski definition) is 0. The lowest BCUT2D eigenvalue weighted by atomic mass is 9.96. The van der Waals surface area contributed by atoms with Gasteiger partial charge in [-0.15, -0.1) is 0 Å². The molecule has 3 aromatic rings. The van der Waals surface area contributed by atoms with E-state index in [1.165, 1.54) is 12.1 Å². The lowest BCUT2D eigenvalue weighted by Crippen LogP contribution is -2.34. The third kappa shape index (κ3) is 3.12. The van der Waals surface area contributed by atoms with Crippen LogP contribution >= 0.6 is 0 Å². The lowest BCUT2D eigenvalue weighted by Gasteiger charge is -2.38. The Bertz CT molecular complexity index is 1060. The Labute approximate surface area is 169 Å². The van der Waals surface area contributed by atoms with Crippen molar-refractivity contribution in [2.24, 2.45) is 5.10 Å². The van der Waals surface area contributed by atoms with Crippen molar-refractivity contribution in [3.8, 4) is 11.5 Å². The molecule has 0 saturated heterocycles. The first-order valence-electron chi connectivity index (χ1n) is 9.83. The minimum atomic E-state index is -0.393. The quantitative estimate of drug-likeness (QED) is 0.595. The molecular formula is C24H21FN2O2. The average Bonchev–Trinajstić information content (AvgIpc) is 3.20. The van der Waals surface area contributed by atoms with Crippen molar-refractivity contribution in [1.82, 2.24) is 5.01 Å². The fourth-order valence-electron chi connectivity index (χ4n) is 4.03. The van der Waals surface area contributed by atoms with Crippen LogP contribution in [0.25, 0.3) is 0 Å². The molecule has 0 bridgehead atoms. The van der Waals surface area contributed by atoms with E-state index < -0.39 is 6.23 Å². The Balaban J connectivity index is 1.60. The van der Waals surface area contributed by atoms with Crippen LogP contribution in [0.4, 0.5) is 4.39 Å². The van der Waals surface area contributed by atoms with Crippen molar-refractivity contribution in [1.29, 1.82) is 0 Å². The second-order valence-electron chi connectivity index (χ2n) is 7.13. The summed E-state index contributed by atoms with van der Waals surface area (Å²) in [6.07, 6.45) is 0.342. The smallest absolute Gasteiger partial charge is 0.217 e. The summed E-state index contributed by atoms with van der Waals surface area (Å²) in [7, 11) is 0. The molecule has 0 fully saturated rings. The van der Waals surface area contributed by atoms with Gasteiger partial charge in [-0.3, -0.25) is 0 Å². The standard InChI is InChI=1S/C24H21FN2O2/c1-2-28-22-9-5-4-8-19(22)24-27-21(18-7-3-6-10-23(18)29-24)15-20(26-27)16-11-13-17(25)14-12-16/h3-14,21,24H,2,15H2,1H3/t21-,24+/m0/s1. The molecule has 2 atom stereocenters. The summed E-state index contributed by atoms with van der Waals surface area (Å²) >= 11 is 0. The summed E-state index contributed by atoms with van der Waals surface area (Å²) in [6, 6.07) is 22.6. The maximum Gasteiger partial charge on any atom is 0.217 e. The largest absolute Gasteiger partial charge is 0.493 e. The van der Waals surface area contributed by atoms with Gasteiger partial charge < -0.3 is 9.47 Å². The van der Waals surface area contributed by atoms with Crippen LogP contribution < -0.4 is 9.47 Å². The fourth-order valence-corrected chi connectivity index (χ4v) is 4.03. The molecule has 5 heteroatoms. The number of halogens is 1. The van der Waals surface area contributed by atoms with Gasteiger partial charge in [0.2, 0.25) is 6.23 Å². The number of benzene rings is 3. The zero-order valence-electron chi connectivity index (χ0n) is 16.1. The zero-order valence-corrected chi connectivity index (χ0v) is 16.1. The summed E-state index contributed by atoms with van der Waals surface area (Å²) in [4.78, 5) is 0. The molecule has 3 aromatic carbocycles. The molecule has 0 unspecified atom stereocenters. The topological polar surface area (TPSA) is 34.1 Å². The Kier molecular flexibility index (Phi) is 4.43. The second kappa shape index (κ2) is 7.24. The molecule has 0 saturated carbocycles. The summed E-state index contributed by atoms with van der Waals surface area (Å²) < 4.78 is 25.6. The lowest BCUT2D eigenvalue weighted by molar-refractivity contribution is -0.0205.